The van der Waals surface area contributed by atoms with Crippen LogP contribution in [-0.2, 0) is 16.1 Å². The Morgan fingerprint density at radius 3 is 2.78 bits per heavy atom. The highest BCUT2D eigenvalue weighted by molar-refractivity contribution is 5.64. The molecule has 0 aromatic carbocycles. The topological polar surface area (TPSA) is 137 Å². The van der Waals surface area contributed by atoms with Crippen LogP contribution < -0.4 is 22.3 Å². The minimum absolute atomic E-state index is 0.143. The molecule has 9 nitrogen and oxygen atoms in total. The Balaban J connectivity index is 2.57. The number of hydrazine groups is 1. The highest BCUT2D eigenvalue weighted by atomic mass is 16.5. The molecule has 0 unspecified atom stereocenters. The van der Waals surface area contributed by atoms with Crippen molar-refractivity contribution in [1.82, 2.24) is 9.97 Å². The number of rotatable bonds is 7. The first-order valence-electron chi connectivity index (χ1n) is 5.15. The van der Waals surface area contributed by atoms with E-state index in [4.69, 9.17) is 16.3 Å². The molecule has 6 N–H and O–H groups in total. The molecule has 1 amide bonds. The van der Waals surface area contributed by atoms with Crippen molar-refractivity contribution >= 4 is 17.7 Å². The average molecular weight is 256 g/mol. The van der Waals surface area contributed by atoms with Gasteiger partial charge in [-0.3, -0.25) is 0 Å². The third-order valence-electron chi connectivity index (χ3n) is 1.85. The molecule has 9 heteroatoms. The van der Waals surface area contributed by atoms with Crippen LogP contribution in [0.1, 0.15) is 5.82 Å². The summed E-state index contributed by atoms with van der Waals surface area (Å²) in [5, 5.41) is 2.94. The SMILES string of the molecule is COCc1nc(NN)cc(NCCOC(N)=O)n1. The number of aromatic nitrogens is 2. The molecule has 18 heavy (non-hydrogen) atoms. The maximum Gasteiger partial charge on any atom is 0.404 e. The fourth-order valence-corrected chi connectivity index (χ4v) is 1.19. The van der Waals surface area contributed by atoms with Crippen molar-refractivity contribution in [3.63, 3.8) is 0 Å². The summed E-state index contributed by atoms with van der Waals surface area (Å²) in [4.78, 5) is 18.6. The highest BCUT2D eigenvalue weighted by Gasteiger charge is 2.03. The number of carbonyl (C=O) groups is 1. The zero-order chi connectivity index (χ0) is 13.4. The Labute approximate surface area is 104 Å². The van der Waals surface area contributed by atoms with Crippen molar-refractivity contribution in [2.24, 2.45) is 11.6 Å². The Kier molecular flexibility index (Phi) is 5.61. The molecule has 0 radical (unpaired) electrons. The fraction of sp³-hybridized carbons (Fsp3) is 0.444. The van der Waals surface area contributed by atoms with Gasteiger partial charge in [0.05, 0.1) is 6.54 Å². The first kappa shape index (κ1) is 13.9. The van der Waals surface area contributed by atoms with Crippen LogP contribution >= 0.6 is 0 Å². The van der Waals surface area contributed by atoms with Crippen molar-refractivity contribution in [2.45, 2.75) is 6.61 Å². The largest absolute Gasteiger partial charge is 0.448 e. The maximum absolute atomic E-state index is 10.4. The van der Waals surface area contributed by atoms with Crippen LogP contribution in [0, 0.1) is 0 Å². The lowest BCUT2D eigenvalue weighted by Gasteiger charge is -2.09. The quantitative estimate of drug-likeness (QED) is 0.289. The summed E-state index contributed by atoms with van der Waals surface area (Å²) < 4.78 is 9.50. The number of nitrogen functional groups attached to an aromatic ring is 1. The lowest BCUT2D eigenvalue weighted by Crippen LogP contribution is -2.19. The van der Waals surface area contributed by atoms with E-state index < -0.39 is 6.09 Å². The summed E-state index contributed by atoms with van der Waals surface area (Å²) in [6.07, 6.45) is -0.816. The molecule has 1 aromatic rings. The van der Waals surface area contributed by atoms with Crippen molar-refractivity contribution in [2.75, 3.05) is 31.0 Å². The van der Waals surface area contributed by atoms with E-state index in [0.29, 0.717) is 24.0 Å². The molecule has 0 aliphatic heterocycles. The van der Waals surface area contributed by atoms with Crippen LogP contribution in [0.2, 0.25) is 0 Å². The third-order valence-corrected chi connectivity index (χ3v) is 1.85. The molecule has 1 heterocycles. The molecule has 0 spiro atoms. The van der Waals surface area contributed by atoms with Crippen LogP contribution in [0.15, 0.2) is 6.07 Å². The van der Waals surface area contributed by atoms with Crippen LogP contribution in [0.5, 0.6) is 0 Å². The molecule has 0 aliphatic rings. The summed E-state index contributed by atoms with van der Waals surface area (Å²) in [5.41, 5.74) is 7.25. The van der Waals surface area contributed by atoms with E-state index in [9.17, 15) is 4.79 Å². The number of nitrogens with two attached hydrogens (primary N) is 2. The second-order valence-corrected chi connectivity index (χ2v) is 3.23. The molecule has 1 rings (SSSR count). The maximum atomic E-state index is 10.4. The van der Waals surface area contributed by atoms with E-state index >= 15 is 0 Å². The van der Waals surface area contributed by atoms with Gasteiger partial charge >= 0.3 is 6.09 Å². The predicted octanol–water partition coefficient (Wildman–Crippen LogP) is -0.584. The van der Waals surface area contributed by atoms with Gasteiger partial charge in [-0.15, -0.1) is 0 Å². The Morgan fingerprint density at radius 1 is 1.44 bits per heavy atom. The van der Waals surface area contributed by atoms with Gasteiger partial charge in [0, 0.05) is 13.2 Å². The van der Waals surface area contributed by atoms with E-state index in [-0.39, 0.29) is 13.2 Å². The van der Waals surface area contributed by atoms with Gasteiger partial charge < -0.3 is 25.9 Å². The monoisotopic (exact) mass is 256 g/mol. The van der Waals surface area contributed by atoms with E-state index in [0.717, 1.165) is 0 Å². The van der Waals surface area contributed by atoms with Crippen LogP contribution in [0.25, 0.3) is 0 Å². The summed E-state index contributed by atoms with van der Waals surface area (Å²) >= 11 is 0. The zero-order valence-corrected chi connectivity index (χ0v) is 9.97. The molecule has 0 aliphatic carbocycles. The number of amides is 1. The predicted molar refractivity (Wildman–Crippen MR) is 64.6 cm³/mol. The fourth-order valence-electron chi connectivity index (χ4n) is 1.19. The second kappa shape index (κ2) is 7.25. The van der Waals surface area contributed by atoms with Gasteiger partial charge in [-0.1, -0.05) is 0 Å². The Bertz CT molecular complexity index is 400. The second-order valence-electron chi connectivity index (χ2n) is 3.23. The van der Waals surface area contributed by atoms with Gasteiger partial charge in [0.2, 0.25) is 0 Å². The lowest BCUT2D eigenvalue weighted by molar-refractivity contribution is 0.161. The van der Waals surface area contributed by atoms with Gasteiger partial charge in [0.25, 0.3) is 0 Å². The number of anilines is 2. The number of hydrogen-bond acceptors (Lipinski definition) is 8. The summed E-state index contributed by atoms with van der Waals surface area (Å²) in [6.45, 7) is 0.780. The van der Waals surface area contributed by atoms with Crippen molar-refractivity contribution in [3.05, 3.63) is 11.9 Å². The van der Waals surface area contributed by atoms with Crippen LogP contribution in [0.4, 0.5) is 16.4 Å². The first-order valence-corrected chi connectivity index (χ1v) is 5.15. The van der Waals surface area contributed by atoms with Gasteiger partial charge in [-0.2, -0.15) is 0 Å². The summed E-state index contributed by atoms with van der Waals surface area (Å²) in [5.74, 6) is 6.76. The molecule has 0 saturated carbocycles. The van der Waals surface area contributed by atoms with Crippen molar-refractivity contribution in [3.8, 4) is 0 Å². The molecule has 0 atom stereocenters. The molecular formula is C9H16N6O3. The number of carbonyl (C=O) groups excluding carboxylic acids is 1. The molecular weight excluding hydrogens is 240 g/mol. The van der Waals surface area contributed by atoms with E-state index in [2.05, 4.69) is 25.4 Å². The van der Waals surface area contributed by atoms with Gasteiger partial charge in [-0.05, 0) is 0 Å². The number of hydrogen-bond donors (Lipinski definition) is 4. The Hall–Kier alpha value is -2.13. The van der Waals surface area contributed by atoms with E-state index in [1.165, 1.54) is 0 Å². The highest BCUT2D eigenvalue weighted by Crippen LogP contribution is 2.10. The molecule has 0 bridgehead atoms. The van der Waals surface area contributed by atoms with Crippen molar-refractivity contribution < 1.29 is 14.3 Å². The molecule has 100 valence electrons. The summed E-state index contributed by atoms with van der Waals surface area (Å²) in [6, 6.07) is 1.61. The van der Waals surface area contributed by atoms with Gasteiger partial charge in [-0.25, -0.2) is 20.6 Å². The van der Waals surface area contributed by atoms with Crippen LogP contribution in [-0.4, -0.2) is 36.3 Å². The summed E-state index contributed by atoms with van der Waals surface area (Å²) in [7, 11) is 1.54. The number of primary amides is 1. The number of nitrogens with zero attached hydrogens (tertiary/aromatic N) is 2. The first-order chi connectivity index (χ1) is 8.65. The molecule has 0 fully saturated rings. The average Bonchev–Trinajstić information content (AvgIpc) is 2.34. The number of nitrogens with one attached hydrogen (secondary N) is 2. The number of methoxy groups -OCH3 is 1. The van der Waals surface area contributed by atoms with E-state index in [1.54, 1.807) is 13.2 Å². The third kappa shape index (κ3) is 4.80. The molecule has 1 aromatic heterocycles. The zero-order valence-electron chi connectivity index (χ0n) is 9.97. The standard InChI is InChI=1S/C9H16N6O3/c1-17-5-8-13-6(4-7(14-8)15-11)12-2-3-18-9(10)16/h4H,2-3,5,11H2,1H3,(H2,10,16)(H2,12,13,14,15). The molecule has 0 saturated heterocycles. The normalized spacial score (nSPS) is 9.89. The lowest BCUT2D eigenvalue weighted by atomic mass is 10.4. The minimum atomic E-state index is -0.816. The van der Waals surface area contributed by atoms with Gasteiger partial charge in [0.15, 0.2) is 5.82 Å². The number of ether oxygens (including phenoxy) is 2. The Morgan fingerprint density at radius 2 is 2.17 bits per heavy atom. The minimum Gasteiger partial charge on any atom is -0.448 e. The van der Waals surface area contributed by atoms with Gasteiger partial charge in [0.1, 0.15) is 24.8 Å². The smallest absolute Gasteiger partial charge is 0.404 e. The van der Waals surface area contributed by atoms with Crippen LogP contribution in [0.3, 0.4) is 0 Å². The van der Waals surface area contributed by atoms with E-state index in [1.807, 2.05) is 0 Å². The van der Waals surface area contributed by atoms with Crippen molar-refractivity contribution in [1.29, 1.82) is 0 Å².